The molecule has 0 saturated heterocycles. The van der Waals surface area contributed by atoms with Gasteiger partial charge in [0.25, 0.3) is 0 Å². The minimum absolute atomic E-state index is 0.337. The molecule has 37 heavy (non-hydrogen) atoms. The van der Waals surface area contributed by atoms with Gasteiger partial charge in [-0.3, -0.25) is 0 Å². The number of nitrogens with zero attached hydrogens (tertiary/aromatic N) is 4. The quantitative estimate of drug-likeness (QED) is 0.285. The van der Waals surface area contributed by atoms with Gasteiger partial charge in [-0.15, -0.1) is 0 Å². The van der Waals surface area contributed by atoms with Crippen molar-refractivity contribution in [1.29, 1.82) is 0 Å². The number of anilines is 1. The molecule has 4 rings (SSSR count). The Morgan fingerprint density at radius 2 is 1.84 bits per heavy atom. The molecule has 0 aliphatic carbocycles. The maximum atomic E-state index is 14.5. The molecule has 2 heterocycles. The van der Waals surface area contributed by atoms with Crippen LogP contribution in [0, 0.1) is 5.82 Å². The van der Waals surface area contributed by atoms with Crippen LogP contribution in [0.15, 0.2) is 71.3 Å². The van der Waals surface area contributed by atoms with Gasteiger partial charge in [0.05, 0.1) is 12.6 Å². The van der Waals surface area contributed by atoms with Crippen molar-refractivity contribution in [3.63, 3.8) is 0 Å². The van der Waals surface area contributed by atoms with Crippen LogP contribution in [0.3, 0.4) is 0 Å². The van der Waals surface area contributed by atoms with Gasteiger partial charge in [-0.1, -0.05) is 34.1 Å². The van der Waals surface area contributed by atoms with Crippen molar-refractivity contribution < 1.29 is 14.2 Å². The standard InChI is InChI=1S/C29H32BrFN4O2/c1-34(2)14-13-29(36,21-7-6-8-23(31)17-21)27(19-9-12-26(32-18-19)35(3)4)24-16-20-15-22(30)10-11-25(20)33-28(24)37-5/h6-12,15-18,27,36H,13-14H2,1-5H3/t27-,29-/m1/s1. The molecule has 6 nitrogen and oxygen atoms in total. The molecule has 0 amide bonds. The van der Waals surface area contributed by atoms with Crippen LogP contribution in [0.25, 0.3) is 10.9 Å². The molecule has 2 atom stereocenters. The predicted molar refractivity (Wildman–Crippen MR) is 150 cm³/mol. The monoisotopic (exact) mass is 566 g/mol. The third-order valence-corrected chi connectivity index (χ3v) is 7.07. The summed E-state index contributed by atoms with van der Waals surface area (Å²) in [7, 11) is 9.32. The van der Waals surface area contributed by atoms with E-state index in [1.165, 1.54) is 12.1 Å². The van der Waals surface area contributed by atoms with E-state index in [4.69, 9.17) is 9.72 Å². The Kier molecular flexibility index (Phi) is 8.11. The number of hydrogen-bond donors (Lipinski definition) is 1. The lowest BCUT2D eigenvalue weighted by Crippen LogP contribution is -2.38. The minimum Gasteiger partial charge on any atom is -0.481 e. The van der Waals surface area contributed by atoms with Gasteiger partial charge in [0, 0.05) is 48.2 Å². The van der Waals surface area contributed by atoms with Crippen LogP contribution >= 0.6 is 15.9 Å². The van der Waals surface area contributed by atoms with E-state index in [9.17, 15) is 9.50 Å². The van der Waals surface area contributed by atoms with Crippen molar-refractivity contribution in [1.82, 2.24) is 14.9 Å². The van der Waals surface area contributed by atoms with Crippen LogP contribution in [0.5, 0.6) is 5.88 Å². The summed E-state index contributed by atoms with van der Waals surface area (Å²) in [6.07, 6.45) is 2.10. The van der Waals surface area contributed by atoms with Crippen LogP contribution in [0.2, 0.25) is 0 Å². The van der Waals surface area contributed by atoms with E-state index < -0.39 is 17.3 Å². The molecule has 0 fully saturated rings. The summed E-state index contributed by atoms with van der Waals surface area (Å²) in [4.78, 5) is 13.3. The first-order chi connectivity index (χ1) is 17.6. The average Bonchev–Trinajstić information content (AvgIpc) is 2.87. The highest BCUT2D eigenvalue weighted by Gasteiger charge is 2.42. The molecule has 0 aliphatic rings. The first-order valence-electron chi connectivity index (χ1n) is 12.0. The number of halogens is 2. The summed E-state index contributed by atoms with van der Waals surface area (Å²) in [6.45, 7) is 0.571. The second-order valence-electron chi connectivity index (χ2n) is 9.69. The smallest absolute Gasteiger partial charge is 0.217 e. The number of methoxy groups -OCH3 is 1. The highest BCUT2D eigenvalue weighted by molar-refractivity contribution is 9.10. The molecule has 0 spiro atoms. The molecule has 0 saturated carbocycles. The number of ether oxygens (including phenoxy) is 1. The summed E-state index contributed by atoms with van der Waals surface area (Å²) < 4.78 is 21.2. The average molecular weight is 568 g/mol. The topological polar surface area (TPSA) is 61.7 Å². The molecule has 1 N–H and O–H groups in total. The Balaban J connectivity index is 2.03. The van der Waals surface area contributed by atoms with Crippen molar-refractivity contribution >= 4 is 32.7 Å². The zero-order valence-corrected chi connectivity index (χ0v) is 23.3. The number of pyridine rings is 2. The fourth-order valence-electron chi connectivity index (χ4n) is 4.67. The highest BCUT2D eigenvalue weighted by Crippen LogP contribution is 2.47. The van der Waals surface area contributed by atoms with Crippen molar-refractivity contribution in [3.8, 4) is 5.88 Å². The first-order valence-corrected chi connectivity index (χ1v) is 12.8. The van der Waals surface area contributed by atoms with Crippen LogP contribution in [0.1, 0.15) is 29.0 Å². The lowest BCUT2D eigenvalue weighted by Gasteiger charge is -2.38. The zero-order chi connectivity index (χ0) is 26.7. The molecule has 4 aromatic rings. The molecular formula is C29H32BrFN4O2. The van der Waals surface area contributed by atoms with E-state index in [0.717, 1.165) is 26.8 Å². The van der Waals surface area contributed by atoms with Crippen LogP contribution < -0.4 is 9.64 Å². The third-order valence-electron chi connectivity index (χ3n) is 6.58. The summed E-state index contributed by atoms with van der Waals surface area (Å²) in [5, 5.41) is 13.5. The molecule has 0 radical (unpaired) electrons. The van der Waals surface area contributed by atoms with Gasteiger partial charge in [-0.05, 0) is 74.1 Å². The van der Waals surface area contributed by atoms with Crippen molar-refractivity contribution in [2.75, 3.05) is 46.7 Å². The lowest BCUT2D eigenvalue weighted by molar-refractivity contribution is 0.00346. The van der Waals surface area contributed by atoms with E-state index in [-0.39, 0.29) is 0 Å². The molecule has 2 aromatic heterocycles. The van der Waals surface area contributed by atoms with Crippen LogP contribution in [-0.4, -0.2) is 61.8 Å². The second kappa shape index (κ2) is 11.1. The minimum atomic E-state index is -1.50. The first kappa shape index (κ1) is 27.0. The highest BCUT2D eigenvalue weighted by atomic mass is 79.9. The van der Waals surface area contributed by atoms with Crippen molar-refractivity contribution in [3.05, 3.63) is 93.8 Å². The molecular weight excluding hydrogens is 535 g/mol. The summed E-state index contributed by atoms with van der Waals surface area (Å²) in [6, 6.07) is 17.9. The fourth-order valence-corrected chi connectivity index (χ4v) is 5.05. The Bertz CT molecular complexity index is 1380. The van der Waals surface area contributed by atoms with Crippen LogP contribution in [-0.2, 0) is 5.60 Å². The van der Waals surface area contributed by atoms with Gasteiger partial charge in [0.2, 0.25) is 5.88 Å². The molecule has 0 aliphatic heterocycles. The number of benzene rings is 2. The fraction of sp³-hybridized carbons (Fsp3) is 0.310. The lowest BCUT2D eigenvalue weighted by atomic mass is 9.72. The predicted octanol–water partition coefficient (Wildman–Crippen LogP) is 5.58. The van der Waals surface area contributed by atoms with E-state index >= 15 is 0 Å². The second-order valence-corrected chi connectivity index (χ2v) is 10.6. The SMILES string of the molecule is COc1nc2ccc(Br)cc2cc1[C@@H](c1ccc(N(C)C)nc1)[C@@](O)(CCN(C)C)c1cccc(F)c1. The van der Waals surface area contributed by atoms with Gasteiger partial charge in [0.1, 0.15) is 17.2 Å². The van der Waals surface area contributed by atoms with Gasteiger partial charge in [0.15, 0.2) is 0 Å². The van der Waals surface area contributed by atoms with E-state index in [0.29, 0.717) is 30.0 Å². The molecule has 2 aromatic carbocycles. The third kappa shape index (κ3) is 5.76. The summed E-state index contributed by atoms with van der Waals surface area (Å²) in [5.41, 5.74) is 1.21. The van der Waals surface area contributed by atoms with Crippen molar-refractivity contribution in [2.24, 2.45) is 0 Å². The summed E-state index contributed by atoms with van der Waals surface area (Å²) >= 11 is 3.55. The van der Waals surface area contributed by atoms with E-state index in [1.54, 1.807) is 25.4 Å². The Hall–Kier alpha value is -3.07. The normalized spacial score (nSPS) is 14.0. The molecule has 194 valence electrons. The van der Waals surface area contributed by atoms with E-state index in [2.05, 4.69) is 20.9 Å². The molecule has 0 bridgehead atoms. The zero-order valence-electron chi connectivity index (χ0n) is 21.7. The number of fused-ring (bicyclic) bond motifs is 1. The van der Waals surface area contributed by atoms with Crippen molar-refractivity contribution in [2.45, 2.75) is 17.9 Å². The molecule has 8 heteroatoms. The largest absolute Gasteiger partial charge is 0.481 e. The number of rotatable bonds is 9. The van der Waals surface area contributed by atoms with Gasteiger partial charge in [-0.25, -0.2) is 14.4 Å². The van der Waals surface area contributed by atoms with Gasteiger partial charge in [-0.2, -0.15) is 0 Å². The number of aromatic nitrogens is 2. The number of aliphatic hydroxyl groups is 1. The molecule has 0 unspecified atom stereocenters. The van der Waals surface area contributed by atoms with Crippen LogP contribution in [0.4, 0.5) is 10.2 Å². The summed E-state index contributed by atoms with van der Waals surface area (Å²) in [5.74, 6) is 0.130. The Morgan fingerprint density at radius 1 is 1.05 bits per heavy atom. The maximum Gasteiger partial charge on any atom is 0.217 e. The Morgan fingerprint density at radius 3 is 2.46 bits per heavy atom. The van der Waals surface area contributed by atoms with E-state index in [1.807, 2.05) is 74.4 Å². The van der Waals surface area contributed by atoms with Gasteiger partial charge >= 0.3 is 0 Å². The maximum absolute atomic E-state index is 14.5. The van der Waals surface area contributed by atoms with Gasteiger partial charge < -0.3 is 19.6 Å². The number of hydrogen-bond acceptors (Lipinski definition) is 6. The Labute approximate surface area is 225 Å².